The second-order valence-electron chi connectivity index (χ2n) is 4.99. The first-order chi connectivity index (χ1) is 9.02. The van der Waals surface area contributed by atoms with Crippen molar-refractivity contribution in [3.05, 3.63) is 33.9 Å². The van der Waals surface area contributed by atoms with Crippen LogP contribution >= 0.6 is 0 Å². The molecule has 0 radical (unpaired) electrons. The highest BCUT2D eigenvalue weighted by Gasteiger charge is 2.29. The van der Waals surface area contributed by atoms with E-state index in [1.54, 1.807) is 12.1 Å². The molecule has 6 heteroatoms. The Morgan fingerprint density at radius 3 is 2.89 bits per heavy atom. The lowest BCUT2D eigenvalue weighted by atomic mass is 9.86. The van der Waals surface area contributed by atoms with Crippen LogP contribution in [-0.4, -0.2) is 30.8 Å². The summed E-state index contributed by atoms with van der Waals surface area (Å²) in [6.07, 6.45) is 2.33. The molecule has 1 heterocycles. The van der Waals surface area contributed by atoms with Gasteiger partial charge in [0.15, 0.2) is 0 Å². The molecule has 1 aromatic rings. The van der Waals surface area contributed by atoms with Crippen LogP contribution in [0, 0.1) is 10.1 Å². The number of nitrogens with two attached hydrogens (primary N) is 1. The molecule has 0 amide bonds. The highest BCUT2D eigenvalue weighted by molar-refractivity contribution is 5.43. The van der Waals surface area contributed by atoms with Gasteiger partial charge in [-0.05, 0) is 30.9 Å². The zero-order valence-electron chi connectivity index (χ0n) is 10.9. The molecule has 1 atom stereocenters. The zero-order valence-corrected chi connectivity index (χ0v) is 10.9. The van der Waals surface area contributed by atoms with E-state index >= 15 is 0 Å². The smallest absolute Gasteiger partial charge is 0.273 e. The molecule has 0 aliphatic carbocycles. The van der Waals surface area contributed by atoms with Crippen molar-refractivity contribution < 1.29 is 14.4 Å². The summed E-state index contributed by atoms with van der Waals surface area (Å²) in [7, 11) is 1.49. The van der Waals surface area contributed by atoms with Crippen LogP contribution in [0.3, 0.4) is 0 Å². The van der Waals surface area contributed by atoms with E-state index in [9.17, 15) is 10.1 Å². The van der Waals surface area contributed by atoms with Gasteiger partial charge in [0.05, 0.1) is 24.7 Å². The van der Waals surface area contributed by atoms with Gasteiger partial charge in [-0.1, -0.05) is 0 Å². The molecule has 19 heavy (non-hydrogen) atoms. The van der Waals surface area contributed by atoms with E-state index in [1.165, 1.54) is 13.2 Å². The molecule has 104 valence electrons. The summed E-state index contributed by atoms with van der Waals surface area (Å²) < 4.78 is 10.5. The highest BCUT2D eigenvalue weighted by Crippen LogP contribution is 2.27. The minimum Gasteiger partial charge on any atom is -0.496 e. The van der Waals surface area contributed by atoms with Gasteiger partial charge in [0.25, 0.3) is 5.69 Å². The summed E-state index contributed by atoms with van der Waals surface area (Å²) in [6, 6.07) is 4.74. The summed E-state index contributed by atoms with van der Waals surface area (Å²) in [5.74, 6) is 0.476. The first kappa shape index (κ1) is 13.8. The molecule has 0 spiro atoms. The Morgan fingerprint density at radius 1 is 1.53 bits per heavy atom. The zero-order chi connectivity index (χ0) is 13.9. The highest BCUT2D eigenvalue weighted by atomic mass is 16.6. The van der Waals surface area contributed by atoms with Crippen LogP contribution in [0.5, 0.6) is 5.75 Å². The van der Waals surface area contributed by atoms with Crippen molar-refractivity contribution in [1.82, 2.24) is 0 Å². The van der Waals surface area contributed by atoms with E-state index < -0.39 is 10.5 Å². The van der Waals surface area contributed by atoms with Crippen molar-refractivity contribution in [2.24, 2.45) is 5.73 Å². The lowest BCUT2D eigenvalue weighted by molar-refractivity contribution is -0.385. The van der Waals surface area contributed by atoms with Gasteiger partial charge in [-0.3, -0.25) is 10.1 Å². The molecule has 1 fully saturated rings. The second kappa shape index (κ2) is 5.54. The summed E-state index contributed by atoms with van der Waals surface area (Å²) >= 11 is 0. The van der Waals surface area contributed by atoms with Crippen LogP contribution in [0.25, 0.3) is 0 Å². The van der Waals surface area contributed by atoms with Crippen molar-refractivity contribution >= 4 is 5.69 Å². The van der Waals surface area contributed by atoms with E-state index in [0.29, 0.717) is 18.8 Å². The van der Waals surface area contributed by atoms with Crippen molar-refractivity contribution in [2.45, 2.75) is 24.8 Å². The number of non-ortho nitro benzene ring substituents is 1. The van der Waals surface area contributed by atoms with Crippen LogP contribution in [0.1, 0.15) is 18.4 Å². The Hall–Kier alpha value is -1.66. The predicted octanol–water partition coefficient (Wildman–Crippen LogP) is 1.65. The van der Waals surface area contributed by atoms with E-state index in [0.717, 1.165) is 25.0 Å². The van der Waals surface area contributed by atoms with Gasteiger partial charge in [0.2, 0.25) is 0 Å². The normalized spacial score (nSPS) is 23.1. The molecule has 6 nitrogen and oxygen atoms in total. The molecule has 1 aliphatic heterocycles. The van der Waals surface area contributed by atoms with Crippen molar-refractivity contribution in [3.8, 4) is 5.75 Å². The third-order valence-electron chi connectivity index (χ3n) is 3.31. The van der Waals surface area contributed by atoms with Crippen LogP contribution < -0.4 is 10.5 Å². The molecule has 1 unspecified atom stereocenters. The Balaban J connectivity index is 2.23. The molecule has 0 bridgehead atoms. The van der Waals surface area contributed by atoms with Gasteiger partial charge >= 0.3 is 0 Å². The fourth-order valence-electron chi connectivity index (χ4n) is 2.39. The molecule has 1 aromatic carbocycles. The second-order valence-corrected chi connectivity index (χ2v) is 4.99. The molecule has 0 aromatic heterocycles. The largest absolute Gasteiger partial charge is 0.496 e. The Bertz CT molecular complexity index is 470. The summed E-state index contributed by atoms with van der Waals surface area (Å²) in [4.78, 5) is 10.5. The third kappa shape index (κ3) is 3.42. The van der Waals surface area contributed by atoms with E-state index in [1.807, 2.05) is 0 Å². The van der Waals surface area contributed by atoms with Crippen LogP contribution in [0.15, 0.2) is 18.2 Å². The van der Waals surface area contributed by atoms with Gasteiger partial charge in [0, 0.05) is 18.2 Å². The molecule has 1 saturated heterocycles. The maximum atomic E-state index is 10.9. The number of nitro groups is 1. The molecular weight excluding hydrogens is 248 g/mol. The lowest BCUT2D eigenvalue weighted by Gasteiger charge is -2.33. The van der Waals surface area contributed by atoms with Gasteiger partial charge < -0.3 is 15.2 Å². The predicted molar refractivity (Wildman–Crippen MR) is 70.3 cm³/mol. The monoisotopic (exact) mass is 266 g/mol. The van der Waals surface area contributed by atoms with Crippen molar-refractivity contribution in [3.63, 3.8) is 0 Å². The lowest BCUT2D eigenvalue weighted by Crippen LogP contribution is -2.49. The van der Waals surface area contributed by atoms with E-state index in [-0.39, 0.29) is 5.69 Å². The van der Waals surface area contributed by atoms with Gasteiger partial charge in [-0.15, -0.1) is 0 Å². The van der Waals surface area contributed by atoms with Gasteiger partial charge in [-0.2, -0.15) is 0 Å². The van der Waals surface area contributed by atoms with Crippen LogP contribution in [-0.2, 0) is 11.2 Å². The number of ether oxygens (including phenoxy) is 2. The fraction of sp³-hybridized carbons (Fsp3) is 0.538. The molecule has 1 aliphatic rings. The number of nitro benzene ring substituents is 1. The quantitative estimate of drug-likeness (QED) is 0.661. The standard InChI is InChI=1S/C13H18N2O4/c1-18-12-6-10(5-11(7-12)15(16)17)8-13(14)3-2-4-19-9-13/h5-7H,2-4,8-9,14H2,1H3. The number of hydrogen-bond acceptors (Lipinski definition) is 5. The van der Waals surface area contributed by atoms with Crippen molar-refractivity contribution in [2.75, 3.05) is 20.3 Å². The molecule has 2 N–H and O–H groups in total. The minimum atomic E-state index is -0.446. The number of methoxy groups -OCH3 is 1. The fourth-order valence-corrected chi connectivity index (χ4v) is 2.39. The average Bonchev–Trinajstić information content (AvgIpc) is 2.38. The molecular formula is C13H18N2O4. The average molecular weight is 266 g/mol. The maximum absolute atomic E-state index is 10.9. The Labute approximate surface area is 111 Å². The minimum absolute atomic E-state index is 0.0228. The number of hydrogen-bond donors (Lipinski definition) is 1. The maximum Gasteiger partial charge on any atom is 0.273 e. The molecule has 0 saturated carbocycles. The van der Waals surface area contributed by atoms with E-state index in [4.69, 9.17) is 15.2 Å². The number of nitrogens with zero attached hydrogens (tertiary/aromatic N) is 1. The van der Waals surface area contributed by atoms with Gasteiger partial charge in [0.1, 0.15) is 5.75 Å². The first-order valence-corrected chi connectivity index (χ1v) is 6.21. The van der Waals surface area contributed by atoms with Crippen LogP contribution in [0.4, 0.5) is 5.69 Å². The first-order valence-electron chi connectivity index (χ1n) is 6.21. The molecule has 2 rings (SSSR count). The summed E-state index contributed by atoms with van der Waals surface area (Å²) in [5.41, 5.74) is 6.65. The van der Waals surface area contributed by atoms with Crippen LogP contribution in [0.2, 0.25) is 0 Å². The Morgan fingerprint density at radius 2 is 2.32 bits per heavy atom. The SMILES string of the molecule is COc1cc(CC2(N)CCCOC2)cc([N+](=O)[O-])c1. The topological polar surface area (TPSA) is 87.6 Å². The Kier molecular flexibility index (Phi) is 4.01. The van der Waals surface area contributed by atoms with E-state index in [2.05, 4.69) is 0 Å². The van der Waals surface area contributed by atoms with Crippen molar-refractivity contribution in [1.29, 1.82) is 0 Å². The number of rotatable bonds is 4. The van der Waals surface area contributed by atoms with Gasteiger partial charge in [-0.25, -0.2) is 0 Å². The number of benzene rings is 1. The summed E-state index contributed by atoms with van der Waals surface area (Å²) in [5, 5.41) is 10.9. The third-order valence-corrected chi connectivity index (χ3v) is 3.31. The summed E-state index contributed by atoms with van der Waals surface area (Å²) in [6.45, 7) is 1.22.